The highest BCUT2D eigenvalue weighted by molar-refractivity contribution is 7.89. The van der Waals surface area contributed by atoms with E-state index in [2.05, 4.69) is 0 Å². The standard InChI is InChI=1S/C21H21F3N2O5S/c1-30-16-5-7-17(8-6-16)32(28,29)25-11-18-19(12-25)31-13-20(27)26(18)10-14-3-2-4-15(9-14)21(22,23)24/h2-9,18-19H,10-13H2,1H3. The molecule has 2 atom stereocenters. The molecule has 11 heteroatoms. The summed E-state index contributed by atoms with van der Waals surface area (Å²) in [6.07, 6.45) is -5.06. The molecular weight excluding hydrogens is 449 g/mol. The van der Waals surface area contributed by atoms with E-state index in [0.717, 1.165) is 12.1 Å². The minimum absolute atomic E-state index is 0.0102. The number of carbonyl (C=O) groups is 1. The maximum absolute atomic E-state index is 13.1. The third-order valence-electron chi connectivity index (χ3n) is 5.65. The van der Waals surface area contributed by atoms with Gasteiger partial charge in [0.25, 0.3) is 0 Å². The van der Waals surface area contributed by atoms with Gasteiger partial charge in [0.2, 0.25) is 15.9 Å². The van der Waals surface area contributed by atoms with E-state index < -0.39 is 39.8 Å². The van der Waals surface area contributed by atoms with Crippen molar-refractivity contribution in [3.63, 3.8) is 0 Å². The van der Waals surface area contributed by atoms with Crippen LogP contribution in [0.15, 0.2) is 53.4 Å². The highest BCUT2D eigenvalue weighted by atomic mass is 32.2. The number of alkyl halides is 3. The lowest BCUT2D eigenvalue weighted by Crippen LogP contribution is -2.53. The summed E-state index contributed by atoms with van der Waals surface area (Å²) in [5.41, 5.74) is -0.493. The second kappa shape index (κ2) is 8.38. The molecule has 2 aliphatic rings. The van der Waals surface area contributed by atoms with E-state index in [4.69, 9.17) is 9.47 Å². The topological polar surface area (TPSA) is 76.1 Å². The van der Waals surface area contributed by atoms with Crippen LogP contribution in [-0.2, 0) is 32.3 Å². The van der Waals surface area contributed by atoms with Crippen LogP contribution >= 0.6 is 0 Å². The number of sulfonamides is 1. The fourth-order valence-corrected chi connectivity index (χ4v) is 5.44. The molecule has 0 aromatic heterocycles. The van der Waals surface area contributed by atoms with Gasteiger partial charge >= 0.3 is 6.18 Å². The summed E-state index contributed by atoms with van der Waals surface area (Å²) in [5, 5.41) is 0. The number of hydrogen-bond acceptors (Lipinski definition) is 5. The molecule has 0 aliphatic carbocycles. The largest absolute Gasteiger partial charge is 0.497 e. The van der Waals surface area contributed by atoms with E-state index >= 15 is 0 Å². The lowest BCUT2D eigenvalue weighted by Gasteiger charge is -2.36. The van der Waals surface area contributed by atoms with Crippen LogP contribution < -0.4 is 4.74 Å². The number of rotatable bonds is 5. The van der Waals surface area contributed by atoms with Crippen LogP contribution in [0.3, 0.4) is 0 Å². The number of nitrogens with zero attached hydrogens (tertiary/aromatic N) is 2. The van der Waals surface area contributed by atoms with Gasteiger partial charge in [0.1, 0.15) is 12.4 Å². The van der Waals surface area contributed by atoms with Crippen molar-refractivity contribution >= 4 is 15.9 Å². The molecule has 0 radical (unpaired) electrons. The Bertz CT molecular complexity index is 1110. The average Bonchev–Trinajstić information content (AvgIpc) is 3.21. The number of hydrogen-bond donors (Lipinski definition) is 0. The smallest absolute Gasteiger partial charge is 0.416 e. The summed E-state index contributed by atoms with van der Waals surface area (Å²) in [6, 6.07) is 10.1. The molecule has 172 valence electrons. The van der Waals surface area contributed by atoms with Crippen molar-refractivity contribution in [2.75, 3.05) is 26.8 Å². The second-order valence-corrected chi connectivity index (χ2v) is 9.57. The Hall–Kier alpha value is -2.63. The van der Waals surface area contributed by atoms with Gasteiger partial charge in [-0.25, -0.2) is 8.42 Å². The van der Waals surface area contributed by atoms with Gasteiger partial charge < -0.3 is 14.4 Å². The fraction of sp³-hybridized carbons (Fsp3) is 0.381. The maximum Gasteiger partial charge on any atom is 0.416 e. The van der Waals surface area contributed by atoms with Crippen molar-refractivity contribution in [3.8, 4) is 5.75 Å². The summed E-state index contributed by atoms with van der Waals surface area (Å²) in [6.45, 7) is -0.282. The molecule has 32 heavy (non-hydrogen) atoms. The second-order valence-electron chi connectivity index (χ2n) is 7.63. The number of fused-ring (bicyclic) bond motifs is 1. The van der Waals surface area contributed by atoms with Crippen molar-refractivity contribution in [1.82, 2.24) is 9.21 Å². The first-order valence-electron chi connectivity index (χ1n) is 9.81. The number of benzene rings is 2. The molecule has 2 unspecified atom stereocenters. The van der Waals surface area contributed by atoms with E-state index in [1.54, 1.807) is 0 Å². The summed E-state index contributed by atoms with van der Waals surface area (Å²) in [7, 11) is -2.38. The molecule has 2 saturated heterocycles. The third-order valence-corrected chi connectivity index (χ3v) is 7.50. The summed E-state index contributed by atoms with van der Waals surface area (Å²) >= 11 is 0. The van der Waals surface area contributed by atoms with Crippen molar-refractivity contribution in [3.05, 3.63) is 59.7 Å². The average molecular weight is 470 g/mol. The highest BCUT2D eigenvalue weighted by Gasteiger charge is 2.47. The van der Waals surface area contributed by atoms with Gasteiger partial charge in [-0.1, -0.05) is 12.1 Å². The van der Waals surface area contributed by atoms with Gasteiger partial charge in [0, 0.05) is 19.6 Å². The molecule has 1 amide bonds. The maximum atomic E-state index is 13.1. The first kappa shape index (κ1) is 22.6. The van der Waals surface area contributed by atoms with E-state index in [9.17, 15) is 26.4 Å². The number of halogens is 3. The summed E-state index contributed by atoms with van der Waals surface area (Å²) < 4.78 is 77.2. The van der Waals surface area contributed by atoms with Crippen LogP contribution in [0.25, 0.3) is 0 Å². The number of ether oxygens (including phenoxy) is 2. The van der Waals surface area contributed by atoms with Gasteiger partial charge in [-0.05, 0) is 42.0 Å². The van der Waals surface area contributed by atoms with Crippen LogP contribution in [0, 0.1) is 0 Å². The predicted molar refractivity (Wildman–Crippen MR) is 107 cm³/mol. The van der Waals surface area contributed by atoms with Crippen molar-refractivity contribution in [2.24, 2.45) is 0 Å². The molecule has 0 spiro atoms. The Morgan fingerprint density at radius 2 is 1.84 bits per heavy atom. The number of amides is 1. The van der Waals surface area contributed by atoms with Crippen LogP contribution in [-0.4, -0.2) is 62.5 Å². The first-order valence-corrected chi connectivity index (χ1v) is 11.2. The lowest BCUT2D eigenvalue weighted by atomic mass is 10.1. The van der Waals surface area contributed by atoms with Crippen LogP contribution in [0.4, 0.5) is 13.2 Å². The Kier molecular flexibility index (Phi) is 5.91. The summed E-state index contributed by atoms with van der Waals surface area (Å²) in [5.74, 6) is 0.118. The zero-order valence-corrected chi connectivity index (χ0v) is 17.9. The minimum atomic E-state index is -4.50. The molecule has 4 rings (SSSR count). The van der Waals surface area contributed by atoms with E-state index in [0.29, 0.717) is 11.3 Å². The van der Waals surface area contributed by atoms with Crippen LogP contribution in [0.2, 0.25) is 0 Å². The van der Waals surface area contributed by atoms with Gasteiger partial charge in [0.05, 0.1) is 29.7 Å². The van der Waals surface area contributed by atoms with Gasteiger partial charge in [-0.15, -0.1) is 0 Å². The molecule has 7 nitrogen and oxygen atoms in total. The van der Waals surface area contributed by atoms with Crippen LogP contribution in [0.5, 0.6) is 5.75 Å². The van der Waals surface area contributed by atoms with Crippen molar-refractivity contribution in [2.45, 2.75) is 29.8 Å². The normalized spacial score (nSPS) is 22.1. The zero-order chi connectivity index (χ0) is 23.1. The van der Waals surface area contributed by atoms with Crippen molar-refractivity contribution in [1.29, 1.82) is 0 Å². The van der Waals surface area contributed by atoms with Gasteiger partial charge in [0.15, 0.2) is 0 Å². The lowest BCUT2D eigenvalue weighted by molar-refractivity contribution is -0.153. The quantitative estimate of drug-likeness (QED) is 0.671. The van der Waals surface area contributed by atoms with E-state index in [1.165, 1.54) is 52.7 Å². The molecule has 0 N–H and O–H groups in total. The molecule has 2 aromatic carbocycles. The van der Waals surface area contributed by atoms with Gasteiger partial charge in [-0.2, -0.15) is 17.5 Å². The van der Waals surface area contributed by atoms with Gasteiger partial charge in [-0.3, -0.25) is 4.79 Å². The molecule has 2 aliphatic heterocycles. The Morgan fingerprint density at radius 1 is 1.12 bits per heavy atom. The van der Waals surface area contributed by atoms with Crippen molar-refractivity contribution < 1.29 is 35.9 Å². The van der Waals surface area contributed by atoms with E-state index in [-0.39, 0.29) is 31.1 Å². The monoisotopic (exact) mass is 470 g/mol. The molecule has 2 heterocycles. The third kappa shape index (κ3) is 4.32. The highest BCUT2D eigenvalue weighted by Crippen LogP contribution is 2.32. The molecule has 0 saturated carbocycles. The number of carbonyl (C=O) groups excluding carboxylic acids is 1. The zero-order valence-electron chi connectivity index (χ0n) is 17.1. The minimum Gasteiger partial charge on any atom is -0.497 e. The number of methoxy groups -OCH3 is 1. The fourth-order valence-electron chi connectivity index (χ4n) is 3.97. The molecule has 0 bridgehead atoms. The molecular formula is C21H21F3N2O5S. The SMILES string of the molecule is COc1ccc(S(=O)(=O)N2CC3OCC(=O)N(Cc4cccc(C(F)(F)F)c4)C3C2)cc1. The Labute approximate surface area is 183 Å². The Balaban J connectivity index is 1.55. The Morgan fingerprint density at radius 3 is 2.50 bits per heavy atom. The number of morpholine rings is 1. The predicted octanol–water partition coefficient (Wildman–Crippen LogP) is 2.51. The first-order chi connectivity index (χ1) is 15.1. The molecule has 2 aromatic rings. The molecule has 2 fully saturated rings. The summed E-state index contributed by atoms with van der Waals surface area (Å²) in [4.78, 5) is 14.0. The van der Waals surface area contributed by atoms with E-state index in [1.807, 2.05) is 0 Å². The van der Waals surface area contributed by atoms with Crippen LogP contribution in [0.1, 0.15) is 11.1 Å².